The molecule has 0 aliphatic heterocycles. The molecule has 2 atom stereocenters. The van der Waals surface area contributed by atoms with Gasteiger partial charge in [-0.15, -0.1) is 0 Å². The van der Waals surface area contributed by atoms with E-state index in [1.807, 2.05) is 7.05 Å². The molecule has 1 N–H and O–H groups in total. The standard InChI is InChI=1S/C12H16ClN3O3/c1-14-9-4-2-3-5-11(9)19-12-10(16(17)18)6-8(13)7-15-12/h6-7,9,11,14H,2-5H2,1H3. The Balaban J connectivity index is 2.20. The predicted octanol–water partition coefficient (Wildman–Crippen LogP) is 2.55. The van der Waals surface area contributed by atoms with E-state index < -0.39 is 4.92 Å². The van der Waals surface area contributed by atoms with Crippen LogP contribution in [0.4, 0.5) is 5.69 Å². The molecule has 7 heteroatoms. The van der Waals surface area contributed by atoms with Crippen molar-refractivity contribution in [3.05, 3.63) is 27.4 Å². The second-order valence-corrected chi connectivity index (χ2v) is 5.01. The maximum absolute atomic E-state index is 11.0. The molecule has 1 saturated carbocycles. The molecule has 0 aromatic carbocycles. The normalized spacial score (nSPS) is 23.1. The fourth-order valence-corrected chi connectivity index (χ4v) is 2.50. The summed E-state index contributed by atoms with van der Waals surface area (Å²) in [6.45, 7) is 0. The van der Waals surface area contributed by atoms with Crippen LogP contribution < -0.4 is 10.1 Å². The summed E-state index contributed by atoms with van der Waals surface area (Å²) in [6.07, 6.45) is 5.34. The van der Waals surface area contributed by atoms with Crippen LogP contribution in [0.2, 0.25) is 5.02 Å². The molecule has 1 aliphatic rings. The van der Waals surface area contributed by atoms with Crippen LogP contribution in [0, 0.1) is 10.1 Å². The fourth-order valence-electron chi connectivity index (χ4n) is 2.35. The molecular weight excluding hydrogens is 270 g/mol. The van der Waals surface area contributed by atoms with Crippen molar-refractivity contribution in [2.75, 3.05) is 7.05 Å². The van der Waals surface area contributed by atoms with Gasteiger partial charge in [-0.05, 0) is 26.3 Å². The Labute approximate surface area is 116 Å². The van der Waals surface area contributed by atoms with Crippen LogP contribution in [0.5, 0.6) is 5.88 Å². The predicted molar refractivity (Wildman–Crippen MR) is 71.6 cm³/mol. The van der Waals surface area contributed by atoms with E-state index in [-0.39, 0.29) is 28.7 Å². The molecule has 0 radical (unpaired) electrons. The number of nitrogens with zero attached hydrogens (tertiary/aromatic N) is 2. The Kier molecular flexibility index (Phi) is 4.55. The first-order chi connectivity index (χ1) is 9.11. The van der Waals surface area contributed by atoms with Gasteiger partial charge in [0.2, 0.25) is 0 Å². The lowest BCUT2D eigenvalue weighted by Gasteiger charge is -2.30. The third-order valence-electron chi connectivity index (χ3n) is 3.33. The molecule has 19 heavy (non-hydrogen) atoms. The summed E-state index contributed by atoms with van der Waals surface area (Å²) in [7, 11) is 1.87. The van der Waals surface area contributed by atoms with Crippen molar-refractivity contribution in [2.45, 2.75) is 37.8 Å². The number of hydrogen-bond donors (Lipinski definition) is 1. The van der Waals surface area contributed by atoms with Gasteiger partial charge in [-0.3, -0.25) is 10.1 Å². The lowest BCUT2D eigenvalue weighted by atomic mass is 9.92. The molecule has 1 fully saturated rings. The zero-order chi connectivity index (χ0) is 13.8. The minimum atomic E-state index is -0.522. The molecule has 6 nitrogen and oxygen atoms in total. The molecule has 2 rings (SSSR count). The number of ether oxygens (including phenoxy) is 1. The van der Waals surface area contributed by atoms with Crippen LogP contribution in [0.1, 0.15) is 25.7 Å². The van der Waals surface area contributed by atoms with E-state index in [0.29, 0.717) is 0 Å². The Hall–Kier alpha value is -1.40. The van der Waals surface area contributed by atoms with E-state index in [2.05, 4.69) is 10.3 Å². The van der Waals surface area contributed by atoms with E-state index in [0.717, 1.165) is 25.7 Å². The average molecular weight is 286 g/mol. The van der Waals surface area contributed by atoms with E-state index in [1.54, 1.807) is 0 Å². The van der Waals surface area contributed by atoms with Gasteiger partial charge in [-0.2, -0.15) is 0 Å². The summed E-state index contributed by atoms with van der Waals surface area (Å²) in [4.78, 5) is 14.4. The smallest absolute Gasteiger partial charge is 0.332 e. The van der Waals surface area contributed by atoms with Gasteiger partial charge >= 0.3 is 5.69 Å². The van der Waals surface area contributed by atoms with Crippen LogP contribution in [0.25, 0.3) is 0 Å². The van der Waals surface area contributed by atoms with Gasteiger partial charge in [-0.1, -0.05) is 18.0 Å². The van der Waals surface area contributed by atoms with Crippen molar-refractivity contribution in [2.24, 2.45) is 0 Å². The highest BCUT2D eigenvalue weighted by molar-refractivity contribution is 6.30. The Bertz CT molecular complexity index is 470. The first kappa shape index (κ1) is 14.0. The molecule has 1 aromatic rings. The summed E-state index contributed by atoms with van der Waals surface area (Å²) < 4.78 is 5.73. The minimum Gasteiger partial charge on any atom is -0.468 e. The number of halogens is 1. The molecule has 0 amide bonds. The van der Waals surface area contributed by atoms with Crippen LogP contribution in [-0.2, 0) is 0 Å². The van der Waals surface area contributed by atoms with Crippen LogP contribution in [0.15, 0.2) is 12.3 Å². The first-order valence-corrected chi connectivity index (χ1v) is 6.63. The summed E-state index contributed by atoms with van der Waals surface area (Å²) in [6, 6.07) is 1.46. The lowest BCUT2D eigenvalue weighted by molar-refractivity contribution is -0.386. The third kappa shape index (κ3) is 3.33. The van der Waals surface area contributed by atoms with Gasteiger partial charge in [0.15, 0.2) is 0 Å². The molecule has 104 valence electrons. The molecule has 1 aliphatic carbocycles. The van der Waals surface area contributed by atoms with Crippen molar-refractivity contribution >= 4 is 17.3 Å². The Morgan fingerprint density at radius 3 is 2.95 bits per heavy atom. The molecule has 2 unspecified atom stereocenters. The molecule has 0 spiro atoms. The Morgan fingerprint density at radius 1 is 1.53 bits per heavy atom. The van der Waals surface area contributed by atoms with Crippen molar-refractivity contribution in [1.29, 1.82) is 0 Å². The highest BCUT2D eigenvalue weighted by Crippen LogP contribution is 2.30. The van der Waals surface area contributed by atoms with Crippen molar-refractivity contribution in [3.8, 4) is 5.88 Å². The maximum Gasteiger partial charge on any atom is 0.332 e. The van der Waals surface area contributed by atoms with E-state index in [1.165, 1.54) is 12.3 Å². The second-order valence-electron chi connectivity index (χ2n) is 4.57. The summed E-state index contributed by atoms with van der Waals surface area (Å²) >= 11 is 5.72. The number of nitro groups is 1. The highest BCUT2D eigenvalue weighted by Gasteiger charge is 2.28. The monoisotopic (exact) mass is 285 g/mol. The van der Waals surface area contributed by atoms with Gasteiger partial charge < -0.3 is 10.1 Å². The molecule has 1 aromatic heterocycles. The topological polar surface area (TPSA) is 77.3 Å². The van der Waals surface area contributed by atoms with E-state index in [4.69, 9.17) is 16.3 Å². The molecular formula is C12H16ClN3O3. The SMILES string of the molecule is CNC1CCCCC1Oc1ncc(Cl)cc1[N+](=O)[O-]. The lowest BCUT2D eigenvalue weighted by Crippen LogP contribution is -2.43. The van der Waals surface area contributed by atoms with Crippen molar-refractivity contribution < 1.29 is 9.66 Å². The number of nitrogens with one attached hydrogen (secondary N) is 1. The molecule has 0 bridgehead atoms. The maximum atomic E-state index is 11.0. The van der Waals surface area contributed by atoms with Gasteiger partial charge in [-0.25, -0.2) is 4.98 Å². The Morgan fingerprint density at radius 2 is 2.26 bits per heavy atom. The van der Waals surface area contributed by atoms with Crippen molar-refractivity contribution in [3.63, 3.8) is 0 Å². The minimum absolute atomic E-state index is 0.0431. The fraction of sp³-hybridized carbons (Fsp3) is 0.583. The zero-order valence-electron chi connectivity index (χ0n) is 10.6. The number of aromatic nitrogens is 1. The second kappa shape index (κ2) is 6.16. The number of hydrogen-bond acceptors (Lipinski definition) is 5. The summed E-state index contributed by atoms with van der Waals surface area (Å²) in [5.74, 6) is 0.0431. The highest BCUT2D eigenvalue weighted by atomic mass is 35.5. The van der Waals surface area contributed by atoms with Crippen LogP contribution >= 0.6 is 11.6 Å². The largest absolute Gasteiger partial charge is 0.468 e. The first-order valence-electron chi connectivity index (χ1n) is 6.25. The summed E-state index contributed by atoms with van der Waals surface area (Å²) in [5, 5.41) is 14.4. The van der Waals surface area contributed by atoms with E-state index in [9.17, 15) is 10.1 Å². The van der Waals surface area contributed by atoms with Crippen LogP contribution in [-0.4, -0.2) is 29.1 Å². The van der Waals surface area contributed by atoms with Gasteiger partial charge in [0.1, 0.15) is 6.10 Å². The van der Waals surface area contributed by atoms with Gasteiger partial charge in [0.05, 0.1) is 16.1 Å². The number of pyridine rings is 1. The van der Waals surface area contributed by atoms with Crippen molar-refractivity contribution in [1.82, 2.24) is 10.3 Å². The van der Waals surface area contributed by atoms with Gasteiger partial charge in [0.25, 0.3) is 5.88 Å². The summed E-state index contributed by atoms with van der Waals surface area (Å²) in [5.41, 5.74) is -0.187. The van der Waals surface area contributed by atoms with Gasteiger partial charge in [0, 0.05) is 12.1 Å². The molecule has 0 saturated heterocycles. The number of rotatable bonds is 4. The van der Waals surface area contributed by atoms with Crippen LogP contribution in [0.3, 0.4) is 0 Å². The average Bonchev–Trinajstić information content (AvgIpc) is 2.41. The quantitative estimate of drug-likeness (QED) is 0.679. The number of likely N-dealkylation sites (N-methyl/N-ethyl adjacent to an activating group) is 1. The third-order valence-corrected chi connectivity index (χ3v) is 3.54. The molecule has 1 heterocycles. The zero-order valence-corrected chi connectivity index (χ0v) is 11.4. The van der Waals surface area contributed by atoms with E-state index >= 15 is 0 Å².